The van der Waals surface area contributed by atoms with E-state index < -0.39 is 16.1 Å². The van der Waals surface area contributed by atoms with Crippen LogP contribution in [-0.2, 0) is 27.8 Å². The fourth-order valence-corrected chi connectivity index (χ4v) is 6.35. The predicted octanol–water partition coefficient (Wildman–Crippen LogP) is 4.97. The van der Waals surface area contributed by atoms with Gasteiger partial charge in [-0.05, 0) is 60.2 Å². The van der Waals surface area contributed by atoms with Crippen molar-refractivity contribution in [1.29, 1.82) is 0 Å². The van der Waals surface area contributed by atoms with E-state index >= 15 is 0 Å². The van der Waals surface area contributed by atoms with Gasteiger partial charge in [-0.2, -0.15) is 4.98 Å². The van der Waals surface area contributed by atoms with Crippen molar-refractivity contribution < 1.29 is 17.9 Å². The van der Waals surface area contributed by atoms with Crippen LogP contribution >= 0.6 is 0 Å². The SMILES string of the molecule is Cc1cccc(C)c1-c1cc2nc(n1)NS(=O)(=O)c1cccc(c1)CCC(=O)N1Cc3ccccc3C(C1)O2. The molecule has 3 aromatic carbocycles. The third-order valence-electron chi connectivity index (χ3n) is 7.27. The molecular formula is C30H28N4O4S. The summed E-state index contributed by atoms with van der Waals surface area (Å²) in [5, 5.41) is 0. The zero-order chi connectivity index (χ0) is 27.1. The number of hydrogen-bond acceptors (Lipinski definition) is 6. The topological polar surface area (TPSA) is 101 Å². The van der Waals surface area contributed by atoms with E-state index in [1.54, 1.807) is 23.1 Å². The summed E-state index contributed by atoms with van der Waals surface area (Å²) in [7, 11) is -4.00. The average Bonchev–Trinajstić information content (AvgIpc) is 2.91. The van der Waals surface area contributed by atoms with Crippen LogP contribution < -0.4 is 9.46 Å². The lowest BCUT2D eigenvalue weighted by molar-refractivity contribution is -0.133. The number of carbonyl (C=O) groups excluding carboxylic acids is 1. The second-order valence-corrected chi connectivity index (χ2v) is 11.7. The fourth-order valence-electron chi connectivity index (χ4n) is 5.33. The molecule has 1 aromatic heterocycles. The smallest absolute Gasteiger partial charge is 0.264 e. The first-order chi connectivity index (χ1) is 18.8. The van der Waals surface area contributed by atoms with Crippen LogP contribution in [0.15, 0.2) is 77.7 Å². The molecule has 6 rings (SSSR count). The molecule has 3 heterocycles. The van der Waals surface area contributed by atoms with Gasteiger partial charge in [0.25, 0.3) is 10.0 Å². The first-order valence-electron chi connectivity index (χ1n) is 12.9. The van der Waals surface area contributed by atoms with Crippen molar-refractivity contribution in [2.24, 2.45) is 0 Å². The van der Waals surface area contributed by atoms with Crippen LogP contribution in [0.3, 0.4) is 0 Å². The summed E-state index contributed by atoms with van der Waals surface area (Å²) in [5.41, 5.74) is 6.16. The van der Waals surface area contributed by atoms with E-state index in [4.69, 9.17) is 4.74 Å². The Morgan fingerprint density at radius 2 is 1.69 bits per heavy atom. The summed E-state index contributed by atoms with van der Waals surface area (Å²) in [5.74, 6) is 0.125. The highest BCUT2D eigenvalue weighted by Crippen LogP contribution is 2.34. The van der Waals surface area contributed by atoms with E-state index in [0.29, 0.717) is 25.2 Å². The van der Waals surface area contributed by atoms with Crippen LogP contribution in [0, 0.1) is 13.8 Å². The number of ether oxygens (including phenoxy) is 1. The molecule has 6 bridgehead atoms. The summed E-state index contributed by atoms with van der Waals surface area (Å²) in [6.45, 7) is 4.82. The number of amides is 1. The van der Waals surface area contributed by atoms with Gasteiger partial charge < -0.3 is 9.64 Å². The monoisotopic (exact) mass is 540 g/mol. The van der Waals surface area contributed by atoms with Crippen molar-refractivity contribution in [1.82, 2.24) is 14.9 Å². The zero-order valence-electron chi connectivity index (χ0n) is 21.7. The molecule has 0 fully saturated rings. The summed E-state index contributed by atoms with van der Waals surface area (Å²) >= 11 is 0. The Morgan fingerprint density at radius 3 is 2.51 bits per heavy atom. The van der Waals surface area contributed by atoms with Crippen molar-refractivity contribution in [3.63, 3.8) is 0 Å². The Morgan fingerprint density at radius 1 is 0.923 bits per heavy atom. The van der Waals surface area contributed by atoms with Crippen molar-refractivity contribution in [2.75, 3.05) is 11.3 Å². The molecule has 1 N–H and O–H groups in total. The fraction of sp³-hybridized carbons (Fsp3) is 0.233. The highest BCUT2D eigenvalue weighted by atomic mass is 32.2. The molecular weight excluding hydrogens is 512 g/mol. The highest BCUT2D eigenvalue weighted by Gasteiger charge is 2.30. The Bertz CT molecular complexity index is 1680. The molecule has 8 nitrogen and oxygen atoms in total. The molecule has 39 heavy (non-hydrogen) atoms. The van der Waals surface area contributed by atoms with Crippen LogP contribution in [-0.4, -0.2) is 35.7 Å². The standard InChI is InChI=1S/C30H28N4O4S/c1-19-7-5-8-20(2)29(19)25-16-27-32-30(31-25)33-39(36,37)23-11-6-9-21(15-23)13-14-28(35)34-17-22-10-3-4-12-24(22)26(18-34)38-27/h3-12,15-16,26H,13-14,17-18H2,1-2H3,(H,31,32,33). The number of fused-ring (bicyclic) bond motifs is 8. The summed E-state index contributed by atoms with van der Waals surface area (Å²) in [4.78, 5) is 24.3. The van der Waals surface area contributed by atoms with Gasteiger partial charge in [-0.3, -0.25) is 4.79 Å². The molecule has 1 unspecified atom stereocenters. The maximum absolute atomic E-state index is 13.4. The molecule has 198 valence electrons. The maximum atomic E-state index is 13.4. The lowest BCUT2D eigenvalue weighted by Crippen LogP contribution is -2.40. The van der Waals surface area contributed by atoms with Gasteiger partial charge in [0.2, 0.25) is 17.7 Å². The number of sulfonamides is 1. The third-order valence-corrected chi connectivity index (χ3v) is 8.59. The summed E-state index contributed by atoms with van der Waals surface area (Å²) < 4.78 is 35.8. The molecule has 0 saturated heterocycles. The van der Waals surface area contributed by atoms with Crippen molar-refractivity contribution in [3.8, 4) is 17.1 Å². The van der Waals surface area contributed by atoms with E-state index in [2.05, 4.69) is 14.7 Å². The molecule has 4 aromatic rings. The summed E-state index contributed by atoms with van der Waals surface area (Å²) in [6.07, 6.45) is 0.207. The number of aryl methyl sites for hydroxylation is 3. The van der Waals surface area contributed by atoms with Gasteiger partial charge in [0.1, 0.15) is 6.10 Å². The second kappa shape index (κ2) is 9.81. The zero-order valence-corrected chi connectivity index (χ0v) is 22.5. The average molecular weight is 541 g/mol. The lowest BCUT2D eigenvalue weighted by Gasteiger charge is -2.34. The van der Waals surface area contributed by atoms with E-state index in [1.807, 2.05) is 62.4 Å². The third kappa shape index (κ3) is 4.97. The van der Waals surface area contributed by atoms with Crippen LogP contribution in [0.2, 0.25) is 0 Å². The minimum absolute atomic E-state index is 0.0149. The Balaban J connectivity index is 1.53. The molecule has 0 radical (unpaired) electrons. The Hall–Kier alpha value is -4.24. The molecule has 1 atom stereocenters. The van der Waals surface area contributed by atoms with Crippen LogP contribution in [0.1, 0.15) is 40.3 Å². The number of aromatic nitrogens is 2. The van der Waals surface area contributed by atoms with Crippen molar-refractivity contribution in [3.05, 3.63) is 101 Å². The van der Waals surface area contributed by atoms with Gasteiger partial charge in [0.05, 0.1) is 17.1 Å². The molecule has 0 saturated carbocycles. The number of benzene rings is 3. The maximum Gasteiger partial charge on any atom is 0.264 e. The molecule has 2 aliphatic rings. The van der Waals surface area contributed by atoms with Gasteiger partial charge >= 0.3 is 0 Å². The molecule has 0 aliphatic carbocycles. The van der Waals surface area contributed by atoms with Gasteiger partial charge in [-0.15, -0.1) is 0 Å². The van der Waals surface area contributed by atoms with Gasteiger partial charge in [-0.1, -0.05) is 54.6 Å². The lowest BCUT2D eigenvalue weighted by atomic mass is 9.96. The second-order valence-electron chi connectivity index (χ2n) is 10.0. The van der Waals surface area contributed by atoms with E-state index in [9.17, 15) is 13.2 Å². The van der Waals surface area contributed by atoms with E-state index in [1.165, 1.54) is 6.07 Å². The number of nitrogens with one attached hydrogen (secondary N) is 1. The summed E-state index contributed by atoms with van der Waals surface area (Å²) in [6, 6.07) is 22.2. The predicted molar refractivity (Wildman–Crippen MR) is 148 cm³/mol. The van der Waals surface area contributed by atoms with Crippen molar-refractivity contribution >= 4 is 21.9 Å². The normalized spacial score (nSPS) is 18.2. The number of nitrogens with zero attached hydrogens (tertiary/aromatic N) is 3. The number of hydrogen-bond donors (Lipinski definition) is 1. The number of anilines is 1. The molecule has 9 heteroatoms. The van der Waals surface area contributed by atoms with Crippen LogP contribution in [0.5, 0.6) is 5.88 Å². The Kier molecular flexibility index (Phi) is 6.31. The Labute approximate surface area is 227 Å². The quantitative estimate of drug-likeness (QED) is 0.366. The van der Waals surface area contributed by atoms with Gasteiger partial charge in [0.15, 0.2) is 0 Å². The first kappa shape index (κ1) is 25.1. The van der Waals surface area contributed by atoms with E-state index in [-0.39, 0.29) is 29.1 Å². The molecule has 2 aliphatic heterocycles. The minimum atomic E-state index is -4.00. The number of rotatable bonds is 1. The van der Waals surface area contributed by atoms with Crippen molar-refractivity contribution in [2.45, 2.75) is 44.2 Å². The van der Waals surface area contributed by atoms with Gasteiger partial charge in [-0.25, -0.2) is 18.1 Å². The minimum Gasteiger partial charge on any atom is -0.467 e. The van der Waals surface area contributed by atoms with Crippen LogP contribution in [0.4, 0.5) is 5.95 Å². The number of carbonyl (C=O) groups is 1. The molecule has 0 spiro atoms. The molecule has 1 amide bonds. The highest BCUT2D eigenvalue weighted by molar-refractivity contribution is 7.92. The van der Waals surface area contributed by atoms with E-state index in [0.717, 1.165) is 33.4 Å². The largest absolute Gasteiger partial charge is 0.467 e. The first-order valence-corrected chi connectivity index (χ1v) is 14.3. The van der Waals surface area contributed by atoms with Crippen LogP contribution in [0.25, 0.3) is 11.3 Å². The van der Waals surface area contributed by atoms with Gasteiger partial charge in [0, 0.05) is 24.6 Å².